The van der Waals surface area contributed by atoms with Gasteiger partial charge in [0.15, 0.2) is 0 Å². The van der Waals surface area contributed by atoms with Gasteiger partial charge in [0.25, 0.3) is 0 Å². The van der Waals surface area contributed by atoms with Gasteiger partial charge in [-0.15, -0.1) is 0 Å². The number of nitrogens with zero attached hydrogens (tertiary/aromatic N) is 4. The van der Waals surface area contributed by atoms with Crippen molar-refractivity contribution in [2.45, 2.75) is 19.3 Å². The van der Waals surface area contributed by atoms with E-state index in [9.17, 15) is 9.90 Å². The fourth-order valence-corrected chi connectivity index (χ4v) is 4.03. The van der Waals surface area contributed by atoms with E-state index in [0.717, 1.165) is 49.2 Å². The summed E-state index contributed by atoms with van der Waals surface area (Å²) in [4.78, 5) is 26.1. The molecule has 1 aromatic heterocycles. The summed E-state index contributed by atoms with van der Waals surface area (Å²) in [5.41, 5.74) is 1.45. The zero-order chi connectivity index (χ0) is 16.6. The monoisotopic (exact) mass is 326 g/mol. The number of aromatic nitrogens is 2. The van der Waals surface area contributed by atoms with E-state index in [2.05, 4.69) is 9.88 Å². The fourth-order valence-electron chi connectivity index (χ4n) is 4.03. The van der Waals surface area contributed by atoms with Gasteiger partial charge in [-0.3, -0.25) is 9.78 Å². The number of para-hydroxylation sites is 2. The van der Waals surface area contributed by atoms with Gasteiger partial charge in [0, 0.05) is 26.2 Å². The highest BCUT2D eigenvalue weighted by atomic mass is 16.3. The summed E-state index contributed by atoms with van der Waals surface area (Å²) in [5.74, 6) is 1.04. The quantitative estimate of drug-likeness (QED) is 0.924. The van der Waals surface area contributed by atoms with Crippen molar-refractivity contribution in [1.82, 2.24) is 14.9 Å². The molecule has 6 nitrogen and oxygen atoms in total. The molecule has 0 saturated carbocycles. The van der Waals surface area contributed by atoms with E-state index in [1.54, 1.807) is 6.20 Å². The summed E-state index contributed by atoms with van der Waals surface area (Å²) in [6.45, 7) is 2.75. The molecule has 126 valence electrons. The van der Waals surface area contributed by atoms with E-state index >= 15 is 0 Å². The van der Waals surface area contributed by atoms with Crippen molar-refractivity contribution in [3.05, 3.63) is 30.5 Å². The van der Waals surface area contributed by atoms with Gasteiger partial charge in [0.2, 0.25) is 5.91 Å². The molecule has 0 bridgehead atoms. The van der Waals surface area contributed by atoms with Crippen LogP contribution in [0, 0.1) is 5.41 Å². The Balaban J connectivity index is 1.57. The molecular weight excluding hydrogens is 304 g/mol. The van der Waals surface area contributed by atoms with Gasteiger partial charge in [-0.25, -0.2) is 4.98 Å². The van der Waals surface area contributed by atoms with Gasteiger partial charge in [0.1, 0.15) is 5.82 Å². The summed E-state index contributed by atoms with van der Waals surface area (Å²) in [6.07, 6.45) is 4.58. The highest BCUT2D eigenvalue weighted by Gasteiger charge is 2.48. The average molecular weight is 326 g/mol. The van der Waals surface area contributed by atoms with Gasteiger partial charge in [-0.2, -0.15) is 0 Å². The van der Waals surface area contributed by atoms with Crippen molar-refractivity contribution in [2.24, 2.45) is 5.41 Å². The molecule has 1 N–H and O–H groups in total. The number of amides is 1. The molecule has 2 saturated heterocycles. The molecule has 4 rings (SSSR count). The third-order valence-electron chi connectivity index (χ3n) is 5.31. The second-order valence-electron chi connectivity index (χ2n) is 6.79. The number of carbonyl (C=O) groups is 1. The van der Waals surface area contributed by atoms with Crippen LogP contribution in [0.25, 0.3) is 11.0 Å². The number of hydrogen-bond acceptors (Lipinski definition) is 5. The minimum atomic E-state index is -0.319. The molecule has 24 heavy (non-hydrogen) atoms. The maximum Gasteiger partial charge on any atom is 0.230 e. The van der Waals surface area contributed by atoms with Crippen molar-refractivity contribution in [3.8, 4) is 0 Å². The number of piperidine rings is 1. The van der Waals surface area contributed by atoms with Crippen molar-refractivity contribution < 1.29 is 9.90 Å². The van der Waals surface area contributed by atoms with Gasteiger partial charge < -0.3 is 14.9 Å². The normalized spacial score (nSPS) is 24.3. The summed E-state index contributed by atoms with van der Waals surface area (Å²) in [7, 11) is 0. The Morgan fingerprint density at radius 2 is 2.00 bits per heavy atom. The summed E-state index contributed by atoms with van der Waals surface area (Å²) in [5, 5.41) is 9.18. The Morgan fingerprint density at radius 1 is 1.17 bits per heavy atom. The van der Waals surface area contributed by atoms with Crippen LogP contribution >= 0.6 is 0 Å². The lowest BCUT2D eigenvalue weighted by molar-refractivity contribution is -0.145. The first-order chi connectivity index (χ1) is 11.7. The molecule has 2 aromatic rings. The predicted octanol–water partition coefficient (Wildman–Crippen LogP) is 1.44. The number of benzene rings is 1. The highest BCUT2D eigenvalue weighted by molar-refractivity contribution is 5.85. The van der Waals surface area contributed by atoms with E-state index in [1.165, 1.54) is 0 Å². The molecule has 0 aliphatic carbocycles. The standard InChI is InChI=1S/C18H22N4O2/c23-11-10-21-8-3-6-18(17(21)24)7-9-22(13-18)16-12-19-14-4-1-2-5-15(14)20-16/h1-2,4-5,12,23H,3,6-11,13H2/t18-/m0/s1. The molecule has 1 spiro atoms. The molecule has 6 heteroatoms. The third-order valence-corrected chi connectivity index (χ3v) is 5.31. The van der Waals surface area contributed by atoms with Crippen LogP contribution in [0.15, 0.2) is 30.5 Å². The Kier molecular flexibility index (Phi) is 3.84. The largest absolute Gasteiger partial charge is 0.395 e. The fraction of sp³-hybridized carbons (Fsp3) is 0.500. The minimum Gasteiger partial charge on any atom is -0.395 e. The number of fused-ring (bicyclic) bond motifs is 1. The molecule has 1 amide bonds. The van der Waals surface area contributed by atoms with E-state index < -0.39 is 0 Å². The molecule has 0 radical (unpaired) electrons. The molecular formula is C18H22N4O2. The lowest BCUT2D eigenvalue weighted by atomic mass is 9.78. The first-order valence-electron chi connectivity index (χ1n) is 8.59. The third kappa shape index (κ3) is 2.51. The lowest BCUT2D eigenvalue weighted by Gasteiger charge is -2.39. The number of hydrogen-bond donors (Lipinski definition) is 1. The van der Waals surface area contributed by atoms with Gasteiger partial charge in [0.05, 0.1) is 29.3 Å². The van der Waals surface area contributed by atoms with Crippen LogP contribution < -0.4 is 4.90 Å². The number of aliphatic hydroxyl groups excluding tert-OH is 1. The number of aliphatic hydroxyl groups is 1. The topological polar surface area (TPSA) is 69.6 Å². The molecule has 0 unspecified atom stereocenters. The van der Waals surface area contributed by atoms with Crippen LogP contribution in [0.5, 0.6) is 0 Å². The van der Waals surface area contributed by atoms with Gasteiger partial charge in [-0.05, 0) is 31.4 Å². The van der Waals surface area contributed by atoms with Crippen molar-refractivity contribution in [1.29, 1.82) is 0 Å². The van der Waals surface area contributed by atoms with E-state index in [-0.39, 0.29) is 17.9 Å². The molecule has 2 aliphatic heterocycles. The second-order valence-corrected chi connectivity index (χ2v) is 6.79. The molecule has 2 fully saturated rings. The lowest BCUT2D eigenvalue weighted by Crippen LogP contribution is -2.50. The number of rotatable bonds is 3. The zero-order valence-corrected chi connectivity index (χ0v) is 13.7. The van der Waals surface area contributed by atoms with Gasteiger partial charge in [-0.1, -0.05) is 12.1 Å². The van der Waals surface area contributed by atoms with Crippen molar-refractivity contribution in [3.63, 3.8) is 0 Å². The summed E-state index contributed by atoms with van der Waals surface area (Å²) >= 11 is 0. The maximum absolute atomic E-state index is 12.9. The second kappa shape index (κ2) is 6.02. The number of likely N-dealkylation sites (tertiary alicyclic amines) is 1. The molecule has 2 aliphatic rings. The first-order valence-corrected chi connectivity index (χ1v) is 8.59. The Bertz CT molecular complexity index is 764. The SMILES string of the molecule is O=C1N(CCO)CCC[C@@]12CCN(c1cnc3ccccc3n1)C2. The number of β-amino-alcohol motifs (C(OH)–C–C–N with tert-alkyl or cyclic N) is 1. The first kappa shape index (κ1) is 15.3. The van der Waals surface area contributed by atoms with Crippen LogP contribution in [0.1, 0.15) is 19.3 Å². The van der Waals surface area contributed by atoms with Crippen LogP contribution in [0.4, 0.5) is 5.82 Å². The average Bonchev–Trinajstić information content (AvgIpc) is 3.04. The van der Waals surface area contributed by atoms with Crippen molar-refractivity contribution >= 4 is 22.8 Å². The summed E-state index contributed by atoms with van der Waals surface area (Å²) in [6, 6.07) is 7.84. The van der Waals surface area contributed by atoms with E-state index in [0.29, 0.717) is 13.1 Å². The van der Waals surface area contributed by atoms with Crippen LogP contribution in [-0.4, -0.2) is 58.7 Å². The van der Waals surface area contributed by atoms with Gasteiger partial charge >= 0.3 is 0 Å². The Labute approximate surface area is 141 Å². The highest BCUT2D eigenvalue weighted by Crippen LogP contribution is 2.41. The number of anilines is 1. The molecule has 1 aromatic carbocycles. The van der Waals surface area contributed by atoms with E-state index in [1.807, 2.05) is 29.2 Å². The molecule has 1 atom stereocenters. The van der Waals surface area contributed by atoms with Crippen LogP contribution in [0.2, 0.25) is 0 Å². The van der Waals surface area contributed by atoms with Crippen LogP contribution in [-0.2, 0) is 4.79 Å². The predicted molar refractivity (Wildman–Crippen MR) is 91.7 cm³/mol. The van der Waals surface area contributed by atoms with Crippen molar-refractivity contribution in [2.75, 3.05) is 37.7 Å². The Hall–Kier alpha value is -2.21. The number of carbonyl (C=O) groups excluding carboxylic acids is 1. The Morgan fingerprint density at radius 3 is 2.83 bits per heavy atom. The maximum atomic E-state index is 12.9. The van der Waals surface area contributed by atoms with Crippen LogP contribution in [0.3, 0.4) is 0 Å². The smallest absolute Gasteiger partial charge is 0.230 e. The molecule has 3 heterocycles. The zero-order valence-electron chi connectivity index (χ0n) is 13.7. The van der Waals surface area contributed by atoms with E-state index in [4.69, 9.17) is 4.98 Å². The summed E-state index contributed by atoms with van der Waals surface area (Å²) < 4.78 is 0. The minimum absolute atomic E-state index is 0.0294.